The molecule has 4 nitrogen and oxygen atoms in total. The number of halogens is 3. The van der Waals surface area contributed by atoms with Crippen LogP contribution < -0.4 is 10.0 Å². The Balaban J connectivity index is 1.57. The van der Waals surface area contributed by atoms with E-state index in [1.54, 1.807) is 17.5 Å². The highest BCUT2D eigenvalue weighted by atomic mass is 35.5. The number of benzene rings is 1. The van der Waals surface area contributed by atoms with Crippen molar-refractivity contribution in [2.24, 2.45) is 5.92 Å². The lowest BCUT2D eigenvalue weighted by atomic mass is 9.81. The first-order valence-corrected chi connectivity index (χ1v) is 11.4. The average molecular weight is 437 g/mol. The summed E-state index contributed by atoms with van der Waals surface area (Å²) >= 11 is 13.6. The van der Waals surface area contributed by atoms with Crippen molar-refractivity contribution < 1.29 is 12.8 Å². The Morgan fingerprint density at radius 2 is 1.96 bits per heavy atom. The predicted molar refractivity (Wildman–Crippen MR) is 106 cm³/mol. The molecular formula is C17H19Cl2FN2O2S2. The summed E-state index contributed by atoms with van der Waals surface area (Å²) in [5, 5.41) is 5.86. The third kappa shape index (κ3) is 4.89. The molecule has 0 aliphatic heterocycles. The fourth-order valence-electron chi connectivity index (χ4n) is 2.80. The van der Waals surface area contributed by atoms with E-state index in [2.05, 4.69) is 10.0 Å². The van der Waals surface area contributed by atoms with Gasteiger partial charge in [0.05, 0.1) is 20.6 Å². The van der Waals surface area contributed by atoms with Gasteiger partial charge >= 0.3 is 0 Å². The Kier molecular flexibility index (Phi) is 6.45. The fraction of sp³-hybridized carbons (Fsp3) is 0.412. The number of hydrogen-bond acceptors (Lipinski definition) is 4. The fourth-order valence-corrected chi connectivity index (χ4v) is 5.27. The predicted octanol–water partition coefficient (Wildman–Crippen LogP) is 5.08. The van der Waals surface area contributed by atoms with Gasteiger partial charge in [-0.25, -0.2) is 17.5 Å². The van der Waals surface area contributed by atoms with Crippen LogP contribution in [-0.2, 0) is 16.6 Å². The van der Waals surface area contributed by atoms with Crippen LogP contribution in [0.2, 0.25) is 10.0 Å². The molecule has 0 amide bonds. The zero-order valence-corrected chi connectivity index (χ0v) is 17.0. The summed E-state index contributed by atoms with van der Waals surface area (Å²) < 4.78 is 40.2. The third-order valence-corrected chi connectivity index (χ3v) is 7.51. The molecule has 142 valence electrons. The van der Waals surface area contributed by atoms with E-state index in [1.807, 2.05) is 0 Å². The maximum Gasteiger partial charge on any atom is 0.240 e. The maximum atomic E-state index is 12.8. The minimum atomic E-state index is -3.68. The second-order valence-corrected chi connectivity index (χ2v) is 9.89. The largest absolute Gasteiger partial charge is 0.384 e. The lowest BCUT2D eigenvalue weighted by molar-refractivity contribution is 0.127. The van der Waals surface area contributed by atoms with E-state index in [9.17, 15) is 12.8 Å². The molecule has 0 radical (unpaired) electrons. The summed E-state index contributed by atoms with van der Waals surface area (Å²) in [6.45, 7) is 0.811. The quantitative estimate of drug-likeness (QED) is 0.605. The molecule has 1 aromatic heterocycles. The van der Waals surface area contributed by atoms with Gasteiger partial charge in [-0.05, 0) is 54.8 Å². The minimum Gasteiger partial charge on any atom is -0.384 e. The average Bonchev–Trinajstić information content (AvgIpc) is 2.98. The van der Waals surface area contributed by atoms with Crippen LogP contribution in [0.4, 0.5) is 10.1 Å². The van der Waals surface area contributed by atoms with Crippen molar-refractivity contribution in [1.29, 1.82) is 0 Å². The highest BCUT2D eigenvalue weighted by Crippen LogP contribution is 2.33. The molecule has 2 aromatic rings. The Labute approximate surface area is 166 Å². The van der Waals surface area contributed by atoms with Crippen LogP contribution in [0, 0.1) is 5.92 Å². The SMILES string of the molecule is O=S(=O)(NCc1sccc1Cl)c1ccc(NCCC2CC(F)C2)c(Cl)c1. The van der Waals surface area contributed by atoms with E-state index in [-0.39, 0.29) is 11.4 Å². The van der Waals surface area contributed by atoms with Crippen molar-refractivity contribution >= 4 is 50.2 Å². The minimum absolute atomic E-state index is 0.0972. The van der Waals surface area contributed by atoms with E-state index in [0.29, 0.717) is 41.0 Å². The Morgan fingerprint density at radius 1 is 1.19 bits per heavy atom. The van der Waals surface area contributed by atoms with Crippen LogP contribution in [0.3, 0.4) is 0 Å². The van der Waals surface area contributed by atoms with Crippen molar-refractivity contribution in [3.63, 3.8) is 0 Å². The number of hydrogen-bond donors (Lipinski definition) is 2. The molecule has 0 spiro atoms. The highest BCUT2D eigenvalue weighted by molar-refractivity contribution is 7.89. The van der Waals surface area contributed by atoms with Crippen LogP contribution in [0.25, 0.3) is 0 Å². The lowest BCUT2D eigenvalue weighted by Crippen LogP contribution is -2.26. The Bertz CT molecular complexity index is 867. The monoisotopic (exact) mass is 436 g/mol. The molecule has 2 N–H and O–H groups in total. The molecule has 0 unspecified atom stereocenters. The van der Waals surface area contributed by atoms with Gasteiger partial charge in [-0.3, -0.25) is 0 Å². The summed E-state index contributed by atoms with van der Waals surface area (Å²) in [7, 11) is -3.68. The van der Waals surface area contributed by atoms with Gasteiger partial charge in [0.25, 0.3) is 0 Å². The molecule has 26 heavy (non-hydrogen) atoms. The molecule has 0 atom stereocenters. The first-order chi connectivity index (χ1) is 12.3. The normalized spacial score (nSPS) is 20.0. The zero-order valence-electron chi connectivity index (χ0n) is 13.8. The second-order valence-electron chi connectivity index (χ2n) is 6.31. The van der Waals surface area contributed by atoms with Crippen molar-refractivity contribution in [1.82, 2.24) is 4.72 Å². The number of rotatable bonds is 8. The first-order valence-electron chi connectivity index (χ1n) is 8.24. The van der Waals surface area contributed by atoms with E-state index in [0.717, 1.165) is 11.3 Å². The number of thiophene rings is 1. The van der Waals surface area contributed by atoms with Gasteiger partial charge in [-0.2, -0.15) is 0 Å². The second kappa shape index (κ2) is 8.44. The van der Waals surface area contributed by atoms with Crippen LogP contribution in [0.5, 0.6) is 0 Å². The van der Waals surface area contributed by atoms with Gasteiger partial charge in [0.15, 0.2) is 0 Å². The summed E-state index contributed by atoms with van der Waals surface area (Å²) in [6.07, 6.45) is 1.49. The van der Waals surface area contributed by atoms with Crippen molar-refractivity contribution in [3.05, 3.63) is 44.6 Å². The van der Waals surface area contributed by atoms with Gasteiger partial charge in [-0.15, -0.1) is 11.3 Å². The van der Waals surface area contributed by atoms with E-state index >= 15 is 0 Å². The number of anilines is 1. The van der Waals surface area contributed by atoms with Crippen LogP contribution >= 0.6 is 34.5 Å². The van der Waals surface area contributed by atoms with E-state index < -0.39 is 16.2 Å². The molecule has 3 rings (SSSR count). The lowest BCUT2D eigenvalue weighted by Gasteiger charge is -2.29. The smallest absolute Gasteiger partial charge is 0.240 e. The summed E-state index contributed by atoms with van der Waals surface area (Å²) in [6, 6.07) is 6.30. The van der Waals surface area contributed by atoms with E-state index in [1.165, 1.54) is 23.5 Å². The molecule has 1 fully saturated rings. The Hall–Kier alpha value is -0.860. The molecule has 0 bridgehead atoms. The number of nitrogens with one attached hydrogen (secondary N) is 2. The maximum absolute atomic E-state index is 12.8. The van der Waals surface area contributed by atoms with Gasteiger partial charge in [0.2, 0.25) is 10.0 Å². The molecule has 1 heterocycles. The first kappa shape index (κ1) is 19.9. The van der Waals surface area contributed by atoms with Crippen LogP contribution in [0.1, 0.15) is 24.1 Å². The van der Waals surface area contributed by atoms with Crippen LogP contribution in [-0.4, -0.2) is 21.1 Å². The molecule has 1 aliphatic carbocycles. The van der Waals surface area contributed by atoms with Crippen molar-refractivity contribution in [3.8, 4) is 0 Å². The number of alkyl halides is 1. The molecule has 0 saturated heterocycles. The van der Waals surface area contributed by atoms with Crippen molar-refractivity contribution in [2.75, 3.05) is 11.9 Å². The van der Waals surface area contributed by atoms with Gasteiger partial charge in [0, 0.05) is 18.0 Å². The highest BCUT2D eigenvalue weighted by Gasteiger charge is 2.28. The van der Waals surface area contributed by atoms with Crippen molar-refractivity contribution in [2.45, 2.75) is 36.9 Å². The van der Waals surface area contributed by atoms with Crippen LogP contribution in [0.15, 0.2) is 34.5 Å². The molecule has 9 heteroatoms. The van der Waals surface area contributed by atoms with E-state index in [4.69, 9.17) is 23.2 Å². The van der Waals surface area contributed by atoms with Gasteiger partial charge in [0.1, 0.15) is 6.17 Å². The summed E-state index contributed by atoms with van der Waals surface area (Å²) in [5.74, 6) is 0.421. The molecule has 1 aromatic carbocycles. The molecular weight excluding hydrogens is 418 g/mol. The summed E-state index contributed by atoms with van der Waals surface area (Å²) in [5.41, 5.74) is 0.669. The van der Waals surface area contributed by atoms with Gasteiger partial charge < -0.3 is 5.32 Å². The number of sulfonamides is 1. The summed E-state index contributed by atoms with van der Waals surface area (Å²) in [4.78, 5) is 0.853. The Morgan fingerprint density at radius 3 is 2.58 bits per heavy atom. The topological polar surface area (TPSA) is 58.2 Å². The molecule has 1 saturated carbocycles. The standard InChI is InChI=1S/C17H19Cl2FN2O2S2/c18-14-4-6-25-17(14)10-22-26(23,24)13-1-2-16(15(19)9-13)21-5-3-11-7-12(20)8-11/h1-2,4,6,9,11-12,21-22H,3,5,7-8,10H2. The third-order valence-electron chi connectivity index (χ3n) is 4.41. The zero-order chi connectivity index (χ0) is 18.7. The van der Waals surface area contributed by atoms with Gasteiger partial charge in [-0.1, -0.05) is 23.2 Å². The molecule has 1 aliphatic rings.